The molecule has 0 radical (unpaired) electrons. The maximum atomic E-state index is 13.0. The van der Waals surface area contributed by atoms with Crippen molar-refractivity contribution in [1.82, 2.24) is 9.88 Å². The van der Waals surface area contributed by atoms with Gasteiger partial charge in [0.1, 0.15) is 18.2 Å². The molecule has 3 atom stereocenters. The average molecular weight is 312 g/mol. The molecule has 1 saturated carbocycles. The predicted molar refractivity (Wildman–Crippen MR) is 86.6 cm³/mol. The Hall–Kier alpha value is -1.94. The quantitative estimate of drug-likeness (QED) is 0.842. The summed E-state index contributed by atoms with van der Waals surface area (Å²) in [5.74, 6) is 1.25. The number of ether oxygens (including phenoxy) is 1. The summed E-state index contributed by atoms with van der Waals surface area (Å²) in [4.78, 5) is 6.69. The molecular formula is C19H21FN2O. The van der Waals surface area contributed by atoms with Crippen LogP contribution in [0.25, 0.3) is 0 Å². The summed E-state index contributed by atoms with van der Waals surface area (Å²) in [7, 11) is 0. The predicted octanol–water partition coefficient (Wildman–Crippen LogP) is 3.65. The first-order valence-corrected chi connectivity index (χ1v) is 8.32. The number of pyridine rings is 1. The van der Waals surface area contributed by atoms with Gasteiger partial charge in [-0.25, -0.2) is 4.39 Å². The van der Waals surface area contributed by atoms with E-state index in [0.29, 0.717) is 18.7 Å². The molecule has 1 aromatic carbocycles. The molecule has 23 heavy (non-hydrogen) atoms. The number of halogens is 1. The molecule has 1 aliphatic carbocycles. The first-order valence-electron chi connectivity index (χ1n) is 8.32. The Morgan fingerprint density at radius 1 is 1.09 bits per heavy atom. The van der Waals surface area contributed by atoms with Crippen molar-refractivity contribution in [3.63, 3.8) is 0 Å². The fourth-order valence-electron chi connectivity index (χ4n) is 4.07. The summed E-state index contributed by atoms with van der Waals surface area (Å²) in [6, 6.07) is 11.6. The van der Waals surface area contributed by atoms with E-state index in [2.05, 4.69) is 22.0 Å². The Morgan fingerprint density at radius 3 is 2.65 bits per heavy atom. The van der Waals surface area contributed by atoms with Crippen molar-refractivity contribution in [1.29, 1.82) is 0 Å². The monoisotopic (exact) mass is 312 g/mol. The molecule has 4 rings (SSSR count). The number of fused-ring (bicyclic) bond motifs is 2. The van der Waals surface area contributed by atoms with Crippen LogP contribution in [0.15, 0.2) is 48.8 Å². The molecule has 1 aliphatic heterocycles. The van der Waals surface area contributed by atoms with Crippen molar-refractivity contribution in [3.8, 4) is 5.75 Å². The van der Waals surface area contributed by atoms with E-state index in [0.717, 1.165) is 18.2 Å². The Kier molecular flexibility index (Phi) is 4.00. The molecular weight excluding hydrogens is 291 g/mol. The smallest absolute Gasteiger partial charge is 0.123 e. The number of likely N-dealkylation sites (tertiary alicyclic amines) is 1. The van der Waals surface area contributed by atoms with Crippen LogP contribution in [0.1, 0.15) is 24.8 Å². The lowest BCUT2D eigenvalue weighted by Crippen LogP contribution is -2.43. The molecule has 2 bridgehead atoms. The van der Waals surface area contributed by atoms with Crippen LogP contribution in [-0.2, 0) is 6.54 Å². The Morgan fingerprint density at radius 2 is 1.87 bits per heavy atom. The van der Waals surface area contributed by atoms with E-state index in [-0.39, 0.29) is 5.82 Å². The van der Waals surface area contributed by atoms with Crippen LogP contribution in [0.2, 0.25) is 0 Å². The fraction of sp³-hybridized carbons (Fsp3) is 0.421. The minimum atomic E-state index is -0.225. The maximum absolute atomic E-state index is 13.0. The lowest BCUT2D eigenvalue weighted by Gasteiger charge is -2.35. The summed E-state index contributed by atoms with van der Waals surface area (Å²) < 4.78 is 18.9. The molecule has 2 aromatic rings. The highest BCUT2D eigenvalue weighted by atomic mass is 19.1. The number of nitrogens with zero attached hydrogens (tertiary/aromatic N) is 2. The van der Waals surface area contributed by atoms with E-state index in [1.807, 2.05) is 12.4 Å². The van der Waals surface area contributed by atoms with Gasteiger partial charge in [-0.15, -0.1) is 0 Å². The van der Waals surface area contributed by atoms with E-state index < -0.39 is 0 Å². The second kappa shape index (κ2) is 6.28. The third kappa shape index (κ3) is 3.08. The fourth-order valence-corrected chi connectivity index (χ4v) is 4.07. The van der Waals surface area contributed by atoms with E-state index in [9.17, 15) is 4.39 Å². The normalized spacial score (nSPS) is 26.6. The van der Waals surface area contributed by atoms with Crippen LogP contribution in [0.5, 0.6) is 5.75 Å². The number of hydrogen-bond donors (Lipinski definition) is 0. The van der Waals surface area contributed by atoms with Gasteiger partial charge in [-0.3, -0.25) is 9.88 Å². The molecule has 4 heteroatoms. The van der Waals surface area contributed by atoms with Gasteiger partial charge in [0.25, 0.3) is 0 Å². The molecule has 2 fully saturated rings. The first-order chi connectivity index (χ1) is 11.3. The van der Waals surface area contributed by atoms with E-state index in [4.69, 9.17) is 4.74 Å². The summed E-state index contributed by atoms with van der Waals surface area (Å²) in [5, 5.41) is 0. The van der Waals surface area contributed by atoms with Gasteiger partial charge in [-0.05, 0) is 67.1 Å². The van der Waals surface area contributed by atoms with Crippen LogP contribution in [0.4, 0.5) is 4.39 Å². The van der Waals surface area contributed by atoms with Gasteiger partial charge in [0.05, 0.1) is 0 Å². The van der Waals surface area contributed by atoms with Gasteiger partial charge in [0, 0.05) is 31.0 Å². The number of rotatable bonds is 5. The van der Waals surface area contributed by atoms with Crippen LogP contribution in [0.3, 0.4) is 0 Å². The van der Waals surface area contributed by atoms with Crippen molar-refractivity contribution in [3.05, 3.63) is 60.2 Å². The number of hydrogen-bond acceptors (Lipinski definition) is 3. The van der Waals surface area contributed by atoms with Crippen molar-refractivity contribution in [2.45, 2.75) is 37.9 Å². The van der Waals surface area contributed by atoms with Crippen molar-refractivity contribution in [2.24, 2.45) is 5.92 Å². The molecule has 2 aliphatic rings. The van der Waals surface area contributed by atoms with Crippen molar-refractivity contribution < 1.29 is 9.13 Å². The molecule has 2 heterocycles. The molecule has 0 spiro atoms. The minimum absolute atomic E-state index is 0.225. The van der Waals surface area contributed by atoms with Gasteiger partial charge in [-0.1, -0.05) is 0 Å². The zero-order chi connectivity index (χ0) is 15.6. The SMILES string of the molecule is Fc1ccc(OC[C@H]2C3CCC(C3)N2Cc2ccncc2)cc1. The standard InChI is InChI=1S/C19H21FN2O/c20-16-2-5-18(6-3-16)23-13-19-15-1-4-17(11-15)22(19)12-14-7-9-21-10-8-14/h2-3,5-10,15,17,19H,1,4,11-13H2/t15?,17?,19-/m0/s1. The van der Waals surface area contributed by atoms with Crippen LogP contribution in [-0.4, -0.2) is 28.6 Å². The summed E-state index contributed by atoms with van der Waals surface area (Å²) in [5.41, 5.74) is 1.30. The molecule has 120 valence electrons. The van der Waals surface area contributed by atoms with Crippen molar-refractivity contribution in [2.75, 3.05) is 6.61 Å². The van der Waals surface area contributed by atoms with Crippen LogP contribution in [0, 0.1) is 11.7 Å². The van der Waals surface area contributed by atoms with Gasteiger partial charge < -0.3 is 4.74 Å². The summed E-state index contributed by atoms with van der Waals surface area (Å²) in [6.07, 6.45) is 7.58. The lowest BCUT2D eigenvalue weighted by molar-refractivity contribution is 0.0867. The maximum Gasteiger partial charge on any atom is 0.123 e. The topological polar surface area (TPSA) is 25.4 Å². The summed E-state index contributed by atoms with van der Waals surface area (Å²) in [6.45, 7) is 1.64. The van der Waals surface area contributed by atoms with E-state index in [1.54, 1.807) is 12.1 Å². The second-order valence-electron chi connectivity index (χ2n) is 6.59. The van der Waals surface area contributed by atoms with Gasteiger partial charge in [-0.2, -0.15) is 0 Å². The molecule has 1 saturated heterocycles. The molecule has 2 unspecified atom stereocenters. The Labute approximate surface area is 136 Å². The number of aromatic nitrogens is 1. The number of benzene rings is 1. The van der Waals surface area contributed by atoms with Crippen LogP contribution >= 0.6 is 0 Å². The van der Waals surface area contributed by atoms with Gasteiger partial charge >= 0.3 is 0 Å². The first kappa shape index (κ1) is 14.6. The molecule has 1 aromatic heterocycles. The minimum Gasteiger partial charge on any atom is -0.492 e. The zero-order valence-corrected chi connectivity index (χ0v) is 13.1. The highest BCUT2D eigenvalue weighted by Gasteiger charge is 2.45. The van der Waals surface area contributed by atoms with E-state index >= 15 is 0 Å². The highest BCUT2D eigenvalue weighted by molar-refractivity contribution is 5.22. The largest absolute Gasteiger partial charge is 0.492 e. The highest BCUT2D eigenvalue weighted by Crippen LogP contribution is 2.43. The third-order valence-corrected chi connectivity index (χ3v) is 5.23. The second-order valence-corrected chi connectivity index (χ2v) is 6.59. The van der Waals surface area contributed by atoms with Crippen molar-refractivity contribution >= 4 is 0 Å². The summed E-state index contributed by atoms with van der Waals surface area (Å²) >= 11 is 0. The molecule has 0 amide bonds. The Balaban J connectivity index is 1.44. The molecule has 3 nitrogen and oxygen atoms in total. The van der Waals surface area contributed by atoms with E-state index in [1.165, 1.54) is 37.0 Å². The molecule has 0 N–H and O–H groups in total. The zero-order valence-electron chi connectivity index (χ0n) is 13.1. The van der Waals surface area contributed by atoms with Gasteiger partial charge in [0.15, 0.2) is 0 Å². The number of piperidine rings is 1. The average Bonchev–Trinajstić information content (AvgIpc) is 3.17. The third-order valence-electron chi connectivity index (χ3n) is 5.23. The van der Waals surface area contributed by atoms with Gasteiger partial charge in [0.2, 0.25) is 0 Å². The Bertz CT molecular complexity index is 646. The van der Waals surface area contributed by atoms with Crippen LogP contribution < -0.4 is 4.74 Å². The lowest BCUT2D eigenvalue weighted by atomic mass is 9.99.